The quantitative estimate of drug-likeness (QED) is 0.442. The van der Waals surface area contributed by atoms with E-state index in [0.29, 0.717) is 5.54 Å². The van der Waals surface area contributed by atoms with Gasteiger partial charge in [-0.2, -0.15) is 0 Å². The molecule has 0 aromatic heterocycles. The number of hydrogen-bond donors (Lipinski definition) is 0. The van der Waals surface area contributed by atoms with Crippen molar-refractivity contribution in [1.82, 2.24) is 4.90 Å². The topological polar surface area (TPSA) is 3.24 Å². The molecule has 0 rings (SSSR count). The van der Waals surface area contributed by atoms with E-state index < -0.39 is 0 Å². The smallest absolute Gasteiger partial charge is 0.0223 e. The van der Waals surface area contributed by atoms with Crippen LogP contribution >= 0.6 is 11.6 Å². The minimum atomic E-state index is 0.354. The molecule has 0 aromatic carbocycles. The zero-order valence-electron chi connectivity index (χ0n) is 10.3. The second kappa shape index (κ2) is 7.53. The molecule has 86 valence electrons. The van der Waals surface area contributed by atoms with Crippen molar-refractivity contribution in [3.63, 3.8) is 0 Å². The number of alkyl halides is 1. The van der Waals surface area contributed by atoms with Gasteiger partial charge >= 0.3 is 0 Å². The molecule has 0 amide bonds. The number of rotatable bonds is 8. The first-order valence-corrected chi connectivity index (χ1v) is 6.35. The lowest BCUT2D eigenvalue weighted by Crippen LogP contribution is -2.40. The predicted octanol–water partition coefficient (Wildman–Crippen LogP) is 3.91. The average Bonchev–Trinajstić information content (AvgIpc) is 2.17. The van der Waals surface area contributed by atoms with E-state index in [-0.39, 0.29) is 0 Å². The minimum absolute atomic E-state index is 0.354. The standard InChI is InChI=1S/C12H26ClN/c1-5-12(2,3)14(4)11-9-7-6-8-10-13/h5-11H2,1-4H3. The van der Waals surface area contributed by atoms with E-state index in [1.165, 1.54) is 38.6 Å². The number of unbranched alkanes of at least 4 members (excludes halogenated alkanes) is 3. The predicted molar refractivity (Wildman–Crippen MR) is 66.2 cm³/mol. The number of nitrogens with zero attached hydrogens (tertiary/aromatic N) is 1. The largest absolute Gasteiger partial charge is 0.301 e. The zero-order chi connectivity index (χ0) is 11.0. The van der Waals surface area contributed by atoms with Crippen molar-refractivity contribution in [1.29, 1.82) is 0 Å². The van der Waals surface area contributed by atoms with Crippen LogP contribution in [0.3, 0.4) is 0 Å². The fourth-order valence-corrected chi connectivity index (χ4v) is 1.56. The van der Waals surface area contributed by atoms with Crippen LogP contribution in [0.25, 0.3) is 0 Å². The third-order valence-electron chi connectivity index (χ3n) is 3.28. The van der Waals surface area contributed by atoms with Crippen LogP contribution in [0.2, 0.25) is 0 Å². The van der Waals surface area contributed by atoms with Crippen molar-refractivity contribution in [2.45, 2.75) is 58.4 Å². The maximum atomic E-state index is 5.63. The molecule has 0 heterocycles. The summed E-state index contributed by atoms with van der Waals surface area (Å²) >= 11 is 5.63. The van der Waals surface area contributed by atoms with E-state index in [1.807, 2.05) is 0 Å². The molecular formula is C12H26ClN. The first-order chi connectivity index (χ1) is 6.54. The van der Waals surface area contributed by atoms with Crippen LogP contribution in [0.5, 0.6) is 0 Å². The van der Waals surface area contributed by atoms with Gasteiger partial charge in [0, 0.05) is 11.4 Å². The maximum absolute atomic E-state index is 5.63. The molecule has 0 aliphatic rings. The Morgan fingerprint density at radius 3 is 2.14 bits per heavy atom. The van der Waals surface area contributed by atoms with Gasteiger partial charge in [0.1, 0.15) is 0 Å². The Kier molecular flexibility index (Phi) is 7.66. The third kappa shape index (κ3) is 5.87. The van der Waals surface area contributed by atoms with Crippen LogP contribution < -0.4 is 0 Å². The fourth-order valence-electron chi connectivity index (χ4n) is 1.37. The van der Waals surface area contributed by atoms with Gasteiger partial charge in [0.05, 0.1) is 0 Å². The van der Waals surface area contributed by atoms with Crippen LogP contribution in [0, 0.1) is 0 Å². The van der Waals surface area contributed by atoms with Gasteiger partial charge < -0.3 is 4.90 Å². The molecule has 0 spiro atoms. The van der Waals surface area contributed by atoms with Crippen LogP contribution in [0.1, 0.15) is 52.9 Å². The molecular weight excluding hydrogens is 194 g/mol. The molecule has 0 aliphatic heterocycles. The molecule has 0 aromatic rings. The van der Waals surface area contributed by atoms with Crippen molar-refractivity contribution in [2.24, 2.45) is 0 Å². The summed E-state index contributed by atoms with van der Waals surface area (Å²) < 4.78 is 0. The van der Waals surface area contributed by atoms with E-state index in [1.54, 1.807) is 0 Å². The normalized spacial score (nSPS) is 12.4. The van der Waals surface area contributed by atoms with E-state index in [4.69, 9.17) is 11.6 Å². The lowest BCUT2D eigenvalue weighted by Gasteiger charge is -2.34. The van der Waals surface area contributed by atoms with Gasteiger partial charge in [-0.3, -0.25) is 0 Å². The molecule has 0 saturated carbocycles. The molecule has 0 bridgehead atoms. The van der Waals surface area contributed by atoms with Crippen molar-refractivity contribution in [2.75, 3.05) is 19.5 Å². The van der Waals surface area contributed by atoms with Gasteiger partial charge in [-0.15, -0.1) is 11.6 Å². The SMILES string of the molecule is CCC(C)(C)N(C)CCCCCCCl. The monoisotopic (exact) mass is 219 g/mol. The Labute approximate surface area is 94.8 Å². The zero-order valence-corrected chi connectivity index (χ0v) is 11.0. The Bertz CT molecular complexity index is 134. The molecule has 0 saturated heterocycles. The third-order valence-corrected chi connectivity index (χ3v) is 3.54. The second-order valence-electron chi connectivity index (χ2n) is 4.69. The van der Waals surface area contributed by atoms with Crippen LogP contribution in [0.15, 0.2) is 0 Å². The van der Waals surface area contributed by atoms with E-state index >= 15 is 0 Å². The Morgan fingerprint density at radius 2 is 1.64 bits per heavy atom. The van der Waals surface area contributed by atoms with Gasteiger partial charge in [0.2, 0.25) is 0 Å². The van der Waals surface area contributed by atoms with Gasteiger partial charge in [0.25, 0.3) is 0 Å². The Hall–Kier alpha value is 0.250. The summed E-state index contributed by atoms with van der Waals surface area (Å²) in [6.45, 7) is 8.09. The lowest BCUT2D eigenvalue weighted by molar-refractivity contribution is 0.148. The molecule has 0 unspecified atom stereocenters. The van der Waals surface area contributed by atoms with Crippen molar-refractivity contribution in [3.05, 3.63) is 0 Å². The average molecular weight is 220 g/mol. The molecule has 2 heteroatoms. The highest BCUT2D eigenvalue weighted by Crippen LogP contribution is 2.17. The van der Waals surface area contributed by atoms with E-state index in [0.717, 1.165) is 5.88 Å². The van der Waals surface area contributed by atoms with E-state index in [2.05, 4.69) is 32.7 Å². The molecule has 14 heavy (non-hydrogen) atoms. The van der Waals surface area contributed by atoms with Crippen LogP contribution in [0.4, 0.5) is 0 Å². The highest BCUT2D eigenvalue weighted by Gasteiger charge is 2.19. The lowest BCUT2D eigenvalue weighted by atomic mass is 9.99. The molecule has 0 aliphatic carbocycles. The molecule has 0 atom stereocenters. The highest BCUT2D eigenvalue weighted by molar-refractivity contribution is 6.17. The van der Waals surface area contributed by atoms with Crippen LogP contribution in [-0.4, -0.2) is 29.9 Å². The molecule has 0 fully saturated rings. The first-order valence-electron chi connectivity index (χ1n) is 5.81. The maximum Gasteiger partial charge on any atom is 0.0223 e. The Balaban J connectivity index is 3.48. The summed E-state index contributed by atoms with van der Waals surface area (Å²) in [5.41, 5.74) is 0.354. The molecule has 0 N–H and O–H groups in total. The molecule has 0 radical (unpaired) electrons. The molecule has 1 nitrogen and oxygen atoms in total. The first kappa shape index (κ1) is 14.2. The van der Waals surface area contributed by atoms with Crippen LogP contribution in [-0.2, 0) is 0 Å². The summed E-state index contributed by atoms with van der Waals surface area (Å²) in [6, 6.07) is 0. The van der Waals surface area contributed by atoms with Gasteiger partial charge in [-0.25, -0.2) is 0 Å². The van der Waals surface area contributed by atoms with Crippen molar-refractivity contribution >= 4 is 11.6 Å². The summed E-state index contributed by atoms with van der Waals surface area (Å²) in [7, 11) is 2.23. The number of hydrogen-bond acceptors (Lipinski definition) is 1. The summed E-state index contributed by atoms with van der Waals surface area (Å²) in [4.78, 5) is 2.47. The number of halogens is 1. The minimum Gasteiger partial charge on any atom is -0.301 e. The van der Waals surface area contributed by atoms with Crippen molar-refractivity contribution < 1.29 is 0 Å². The summed E-state index contributed by atoms with van der Waals surface area (Å²) in [5.74, 6) is 0.816. The second-order valence-corrected chi connectivity index (χ2v) is 5.07. The fraction of sp³-hybridized carbons (Fsp3) is 1.00. The highest BCUT2D eigenvalue weighted by atomic mass is 35.5. The summed E-state index contributed by atoms with van der Waals surface area (Å²) in [5, 5.41) is 0. The summed E-state index contributed by atoms with van der Waals surface area (Å²) in [6.07, 6.45) is 6.28. The van der Waals surface area contributed by atoms with Gasteiger partial charge in [0.15, 0.2) is 0 Å². The Morgan fingerprint density at radius 1 is 1.07 bits per heavy atom. The van der Waals surface area contributed by atoms with Gasteiger partial charge in [-0.1, -0.05) is 19.8 Å². The van der Waals surface area contributed by atoms with Gasteiger partial charge in [-0.05, 0) is 46.7 Å². The van der Waals surface area contributed by atoms with Crippen molar-refractivity contribution in [3.8, 4) is 0 Å². The van der Waals surface area contributed by atoms with E-state index in [9.17, 15) is 0 Å².